The number of carbonyl (C=O) groups is 1. The van der Waals surface area contributed by atoms with E-state index in [-0.39, 0.29) is 29.3 Å². The fourth-order valence-corrected chi connectivity index (χ4v) is 3.39. The lowest BCUT2D eigenvalue weighted by atomic mass is 10.2. The van der Waals surface area contributed by atoms with Crippen molar-refractivity contribution in [1.29, 1.82) is 0 Å². The summed E-state index contributed by atoms with van der Waals surface area (Å²) in [6.07, 6.45) is -0.349. The Bertz CT molecular complexity index is 850. The molecule has 3 rings (SSSR count). The lowest BCUT2D eigenvalue weighted by Crippen LogP contribution is -2.41. The molecule has 1 fully saturated rings. The molecule has 1 saturated carbocycles. The molecule has 0 spiro atoms. The van der Waals surface area contributed by atoms with E-state index in [0.29, 0.717) is 29.3 Å². The van der Waals surface area contributed by atoms with Gasteiger partial charge in [-0.3, -0.25) is 9.36 Å². The molecule has 0 bridgehead atoms. The third-order valence-electron chi connectivity index (χ3n) is 4.26. The number of aliphatic hydroxyl groups is 3. The molecule has 10 heteroatoms. The van der Waals surface area contributed by atoms with Crippen molar-refractivity contribution in [3.05, 3.63) is 22.7 Å². The second-order valence-corrected chi connectivity index (χ2v) is 6.05. The Hall–Kier alpha value is -2.43. The molecule has 1 amide bonds. The quantitative estimate of drug-likeness (QED) is 0.429. The van der Waals surface area contributed by atoms with Gasteiger partial charge in [0.05, 0.1) is 17.2 Å². The zero-order valence-electron chi connectivity index (χ0n) is 13.0. The van der Waals surface area contributed by atoms with Gasteiger partial charge in [-0.2, -0.15) is 0 Å². The zero-order chi connectivity index (χ0) is 17.6. The van der Waals surface area contributed by atoms with Crippen LogP contribution in [0.25, 0.3) is 11.0 Å². The summed E-state index contributed by atoms with van der Waals surface area (Å²) >= 11 is 0. The summed E-state index contributed by atoms with van der Waals surface area (Å²) < 4.78 is 1.80. The van der Waals surface area contributed by atoms with Crippen molar-refractivity contribution in [1.82, 2.24) is 19.4 Å². The third kappa shape index (κ3) is 2.75. The SMILES string of the molecule is CC(=O)NC1CCC(n2c(=O)n(C(O)(O)O)c3cnc(N)cc32)C1. The molecule has 2 heterocycles. The van der Waals surface area contributed by atoms with E-state index >= 15 is 0 Å². The van der Waals surface area contributed by atoms with E-state index in [0.717, 1.165) is 0 Å². The molecule has 10 nitrogen and oxygen atoms in total. The number of carbonyl (C=O) groups excluding carboxylic acids is 1. The highest BCUT2D eigenvalue weighted by molar-refractivity contribution is 5.78. The number of nitrogen functional groups attached to an aromatic ring is 1. The van der Waals surface area contributed by atoms with Gasteiger partial charge in [0.25, 0.3) is 0 Å². The maximum absolute atomic E-state index is 12.7. The average Bonchev–Trinajstić information content (AvgIpc) is 2.98. The van der Waals surface area contributed by atoms with Crippen LogP contribution >= 0.6 is 0 Å². The first-order valence-electron chi connectivity index (χ1n) is 7.51. The van der Waals surface area contributed by atoms with E-state index in [1.165, 1.54) is 23.8 Å². The maximum Gasteiger partial charge on any atom is 0.377 e. The van der Waals surface area contributed by atoms with Crippen molar-refractivity contribution in [3.63, 3.8) is 0 Å². The number of nitrogens with two attached hydrogens (primary N) is 1. The number of hydrogen-bond donors (Lipinski definition) is 5. The molecule has 6 N–H and O–H groups in total. The molecular weight excluding hydrogens is 318 g/mol. The fourth-order valence-electron chi connectivity index (χ4n) is 3.39. The molecular formula is C14H19N5O5. The number of aromatic nitrogens is 3. The molecule has 1 aliphatic rings. The minimum Gasteiger partial charge on any atom is -0.384 e. The number of fused-ring (bicyclic) bond motifs is 1. The Morgan fingerprint density at radius 2 is 2.08 bits per heavy atom. The van der Waals surface area contributed by atoms with Crippen molar-refractivity contribution in [2.24, 2.45) is 0 Å². The summed E-state index contributed by atoms with van der Waals surface area (Å²) in [4.78, 5) is 27.7. The predicted molar refractivity (Wildman–Crippen MR) is 83.5 cm³/mol. The molecule has 0 aliphatic heterocycles. The number of pyridine rings is 1. The van der Waals surface area contributed by atoms with Crippen molar-refractivity contribution in [2.45, 2.75) is 44.4 Å². The first kappa shape index (κ1) is 16.4. The van der Waals surface area contributed by atoms with Crippen LogP contribution < -0.4 is 16.7 Å². The molecule has 0 radical (unpaired) electrons. The van der Waals surface area contributed by atoms with E-state index in [1.54, 1.807) is 0 Å². The lowest BCUT2D eigenvalue weighted by Gasteiger charge is -2.15. The van der Waals surface area contributed by atoms with Gasteiger partial charge in [0.2, 0.25) is 5.91 Å². The first-order valence-corrected chi connectivity index (χ1v) is 7.51. The molecule has 24 heavy (non-hydrogen) atoms. The average molecular weight is 337 g/mol. The van der Waals surface area contributed by atoms with Gasteiger partial charge in [-0.25, -0.2) is 14.3 Å². The van der Waals surface area contributed by atoms with Crippen LogP contribution in [0.4, 0.5) is 5.82 Å². The molecule has 130 valence electrons. The summed E-state index contributed by atoms with van der Waals surface area (Å²) in [6, 6.07) is 1.09. The van der Waals surface area contributed by atoms with Crippen LogP contribution in [0.15, 0.2) is 17.1 Å². The number of imidazole rings is 1. The highest BCUT2D eigenvalue weighted by atomic mass is 16.7. The normalized spacial score (nSPS) is 21.3. The highest BCUT2D eigenvalue weighted by Crippen LogP contribution is 2.32. The number of rotatable bonds is 3. The number of nitrogens with zero attached hydrogens (tertiary/aromatic N) is 3. The minimum atomic E-state index is -3.35. The Morgan fingerprint density at radius 3 is 2.71 bits per heavy atom. The van der Waals surface area contributed by atoms with Gasteiger partial charge in [0, 0.05) is 25.1 Å². The van der Waals surface area contributed by atoms with E-state index in [2.05, 4.69) is 10.3 Å². The number of nitrogens with one attached hydrogen (secondary N) is 1. The van der Waals surface area contributed by atoms with Crippen molar-refractivity contribution < 1.29 is 20.1 Å². The van der Waals surface area contributed by atoms with Crippen LogP contribution in [0.5, 0.6) is 0 Å². The van der Waals surface area contributed by atoms with Crippen LogP contribution in [-0.2, 0) is 10.9 Å². The smallest absolute Gasteiger partial charge is 0.377 e. The first-order chi connectivity index (χ1) is 11.2. The number of anilines is 1. The number of hydrogen-bond acceptors (Lipinski definition) is 7. The third-order valence-corrected chi connectivity index (χ3v) is 4.26. The maximum atomic E-state index is 12.7. The monoisotopic (exact) mass is 337 g/mol. The van der Waals surface area contributed by atoms with E-state index < -0.39 is 11.8 Å². The summed E-state index contributed by atoms with van der Waals surface area (Å²) in [5.41, 5.74) is 5.26. The molecule has 2 aromatic heterocycles. The van der Waals surface area contributed by atoms with Crippen LogP contribution in [0.3, 0.4) is 0 Å². The molecule has 2 unspecified atom stereocenters. The van der Waals surface area contributed by atoms with Gasteiger partial charge in [-0.1, -0.05) is 0 Å². The Balaban J connectivity index is 2.12. The van der Waals surface area contributed by atoms with Gasteiger partial charge < -0.3 is 26.4 Å². The minimum absolute atomic E-state index is 0.0460. The van der Waals surface area contributed by atoms with Gasteiger partial charge in [-0.15, -0.1) is 0 Å². The summed E-state index contributed by atoms with van der Waals surface area (Å²) in [6.45, 7) is 1.43. The summed E-state index contributed by atoms with van der Waals surface area (Å²) in [5.74, 6) is 0.00758. The predicted octanol–water partition coefficient (Wildman–Crippen LogP) is -1.45. The topological polar surface area (TPSA) is 156 Å². The molecule has 0 saturated heterocycles. The van der Waals surface area contributed by atoms with Crippen LogP contribution in [0, 0.1) is 0 Å². The lowest BCUT2D eigenvalue weighted by molar-refractivity contribution is -0.374. The van der Waals surface area contributed by atoms with Crippen molar-refractivity contribution >= 4 is 22.8 Å². The summed E-state index contributed by atoms with van der Waals surface area (Å²) in [5, 5.41) is 31.3. The number of amides is 1. The van der Waals surface area contributed by atoms with Crippen LogP contribution in [0.1, 0.15) is 32.2 Å². The molecule has 2 aromatic rings. The van der Waals surface area contributed by atoms with Gasteiger partial charge in [0.15, 0.2) is 0 Å². The van der Waals surface area contributed by atoms with Crippen LogP contribution in [0.2, 0.25) is 0 Å². The second-order valence-electron chi connectivity index (χ2n) is 6.05. The van der Waals surface area contributed by atoms with Gasteiger partial charge in [0.1, 0.15) is 5.82 Å². The summed E-state index contributed by atoms with van der Waals surface area (Å²) in [7, 11) is 0. The van der Waals surface area contributed by atoms with Crippen molar-refractivity contribution in [2.75, 3.05) is 5.73 Å². The van der Waals surface area contributed by atoms with Crippen molar-refractivity contribution in [3.8, 4) is 0 Å². The molecule has 0 aromatic carbocycles. The molecule has 2 atom stereocenters. The highest BCUT2D eigenvalue weighted by Gasteiger charge is 2.34. The Labute approximate surface area is 136 Å². The Kier molecular flexibility index (Phi) is 3.82. The Morgan fingerprint density at radius 1 is 1.38 bits per heavy atom. The largest absolute Gasteiger partial charge is 0.384 e. The van der Waals surface area contributed by atoms with Crippen LogP contribution in [-0.4, -0.2) is 41.4 Å². The van der Waals surface area contributed by atoms with E-state index in [1.807, 2.05) is 0 Å². The van der Waals surface area contributed by atoms with Gasteiger partial charge >= 0.3 is 11.8 Å². The second kappa shape index (κ2) is 5.58. The molecule has 1 aliphatic carbocycles. The zero-order valence-corrected chi connectivity index (χ0v) is 13.0. The fraction of sp³-hybridized carbons (Fsp3) is 0.500. The van der Waals surface area contributed by atoms with Gasteiger partial charge in [-0.05, 0) is 19.3 Å². The van der Waals surface area contributed by atoms with E-state index in [9.17, 15) is 24.9 Å². The standard InChI is InChI=1S/C14H19N5O5/c1-7(20)17-8-2-3-9(4-8)18-10-5-12(15)16-6-11(10)19(13(18)21)14(22,23)24/h5-6,8-9,22-24H,2-4H2,1H3,(H2,15,16)(H,17,20). The van der Waals surface area contributed by atoms with E-state index in [4.69, 9.17) is 5.73 Å².